The molecule has 0 bridgehead atoms. The number of carbonyl (C=O) groups is 2. The fourth-order valence-corrected chi connectivity index (χ4v) is 6.57. The molecule has 2 aromatic rings. The SMILES string of the molecule is O=C1NC(=O)c2c1c1c(c3c2c2c(n3[C@@H]3OC(CO)(CO)C[C@H](O)[C@H]3O)=CCCC=2)N=C2CCCC=C21. The van der Waals surface area contributed by atoms with E-state index in [-0.39, 0.29) is 12.0 Å². The molecule has 7 rings (SSSR count). The van der Waals surface area contributed by atoms with Gasteiger partial charge in [0.2, 0.25) is 0 Å². The molecule has 0 spiro atoms. The lowest BCUT2D eigenvalue weighted by Gasteiger charge is -2.44. The zero-order chi connectivity index (χ0) is 25.6. The topological polar surface area (TPSA) is 154 Å². The molecule has 1 aromatic heterocycles. The van der Waals surface area contributed by atoms with E-state index in [4.69, 9.17) is 9.73 Å². The zero-order valence-corrected chi connectivity index (χ0v) is 20.0. The third-order valence-corrected chi connectivity index (χ3v) is 8.29. The average Bonchev–Trinajstić information content (AvgIpc) is 3.54. The summed E-state index contributed by atoms with van der Waals surface area (Å²) in [5.41, 5.74) is 2.52. The summed E-state index contributed by atoms with van der Waals surface area (Å²) in [6.07, 6.45) is 5.99. The number of benzene rings is 1. The number of rotatable bonds is 3. The van der Waals surface area contributed by atoms with E-state index in [1.54, 1.807) is 4.57 Å². The standard InChI is InChI=1S/C27H27N3O7/c31-10-27(11-32)9-16(33)23(34)26(37-27)30-15-8-4-2-6-13(15)18-20-19(24(35)29-25(20)36)17-12-5-1-3-7-14(12)28-21(17)22(18)30/h5-6,8,16,23,26,31-34H,1-4,7,9-11H2,(H,29,35,36)/t16-,23+,26+/m0/s1. The summed E-state index contributed by atoms with van der Waals surface area (Å²) in [7, 11) is 0. The molecular formula is C27H27N3O7. The van der Waals surface area contributed by atoms with Crippen LogP contribution in [-0.2, 0) is 4.74 Å². The van der Waals surface area contributed by atoms with Crippen molar-refractivity contribution in [2.24, 2.45) is 4.99 Å². The molecule has 0 radical (unpaired) electrons. The highest BCUT2D eigenvalue weighted by atomic mass is 16.6. The van der Waals surface area contributed by atoms with Gasteiger partial charge in [0.15, 0.2) is 6.23 Å². The van der Waals surface area contributed by atoms with Gasteiger partial charge in [0, 0.05) is 39.2 Å². The van der Waals surface area contributed by atoms with Crippen LogP contribution in [-0.4, -0.2) is 73.5 Å². The monoisotopic (exact) mass is 505 g/mol. The van der Waals surface area contributed by atoms with E-state index in [0.717, 1.165) is 42.2 Å². The molecule has 37 heavy (non-hydrogen) atoms. The number of hydrogen-bond acceptors (Lipinski definition) is 8. The number of fused-ring (bicyclic) bond motifs is 10. The number of aliphatic hydroxyl groups excluding tert-OH is 4. The second-order valence-corrected chi connectivity index (χ2v) is 10.5. The number of carbonyl (C=O) groups excluding carboxylic acids is 2. The number of nitrogens with zero attached hydrogens (tertiary/aromatic N) is 2. The van der Waals surface area contributed by atoms with Crippen LogP contribution in [0.4, 0.5) is 5.69 Å². The number of allylic oxidation sites excluding steroid dienone is 2. The molecule has 3 aliphatic heterocycles. The van der Waals surface area contributed by atoms with E-state index in [0.29, 0.717) is 39.5 Å². The molecule has 192 valence electrons. The Bertz CT molecular complexity index is 1590. The lowest BCUT2D eigenvalue weighted by Crippen LogP contribution is -2.57. The van der Waals surface area contributed by atoms with E-state index in [9.17, 15) is 30.0 Å². The average molecular weight is 506 g/mol. The third-order valence-electron chi connectivity index (χ3n) is 8.29. The van der Waals surface area contributed by atoms with Crippen LogP contribution in [0.5, 0.6) is 0 Å². The van der Waals surface area contributed by atoms with Gasteiger partial charge in [0.05, 0.1) is 41.6 Å². The molecule has 1 aromatic carbocycles. The predicted molar refractivity (Wildman–Crippen MR) is 134 cm³/mol. The zero-order valence-electron chi connectivity index (χ0n) is 20.0. The van der Waals surface area contributed by atoms with Crippen molar-refractivity contribution in [1.82, 2.24) is 9.88 Å². The van der Waals surface area contributed by atoms with Crippen LogP contribution in [0.25, 0.3) is 28.6 Å². The molecule has 2 aliphatic carbocycles. The molecule has 10 nitrogen and oxygen atoms in total. The first-order valence-electron chi connectivity index (χ1n) is 12.7. The van der Waals surface area contributed by atoms with Crippen molar-refractivity contribution in [3.8, 4) is 0 Å². The smallest absolute Gasteiger partial charge is 0.259 e. The summed E-state index contributed by atoms with van der Waals surface area (Å²) < 4.78 is 7.95. The Balaban J connectivity index is 1.64. The number of amides is 2. The van der Waals surface area contributed by atoms with E-state index in [1.807, 2.05) is 12.2 Å². The van der Waals surface area contributed by atoms with Crippen LogP contribution in [0.15, 0.2) is 11.1 Å². The molecular weight excluding hydrogens is 478 g/mol. The first-order chi connectivity index (χ1) is 17.9. The van der Waals surface area contributed by atoms with Crippen molar-refractivity contribution in [3.63, 3.8) is 0 Å². The van der Waals surface area contributed by atoms with E-state index < -0.39 is 49.1 Å². The molecule has 3 atom stereocenters. The summed E-state index contributed by atoms with van der Waals surface area (Å²) >= 11 is 0. The summed E-state index contributed by atoms with van der Waals surface area (Å²) in [6.45, 7) is -1.11. The molecule has 0 saturated carbocycles. The number of imide groups is 1. The molecule has 10 heteroatoms. The van der Waals surface area contributed by atoms with Crippen molar-refractivity contribution in [3.05, 3.63) is 33.3 Å². The lowest BCUT2D eigenvalue weighted by molar-refractivity contribution is -0.260. The Hall–Kier alpha value is -3.15. The Labute approximate surface area is 210 Å². The van der Waals surface area contributed by atoms with Crippen molar-refractivity contribution in [2.45, 2.75) is 62.6 Å². The molecule has 0 unspecified atom stereocenters. The first-order valence-corrected chi connectivity index (χ1v) is 12.7. The van der Waals surface area contributed by atoms with E-state index >= 15 is 0 Å². The highest BCUT2D eigenvalue weighted by Gasteiger charge is 2.48. The highest BCUT2D eigenvalue weighted by molar-refractivity contribution is 6.38. The Morgan fingerprint density at radius 3 is 2.57 bits per heavy atom. The van der Waals surface area contributed by atoms with Gasteiger partial charge in [-0.15, -0.1) is 0 Å². The van der Waals surface area contributed by atoms with Crippen LogP contribution in [0.1, 0.15) is 71.0 Å². The summed E-state index contributed by atoms with van der Waals surface area (Å²) in [5.74, 6) is -0.937. The highest BCUT2D eigenvalue weighted by Crippen LogP contribution is 2.48. The maximum absolute atomic E-state index is 13.2. The molecule has 2 amide bonds. The van der Waals surface area contributed by atoms with Gasteiger partial charge in [-0.1, -0.05) is 18.2 Å². The number of hydrogen-bond donors (Lipinski definition) is 5. The molecule has 1 fully saturated rings. The minimum absolute atomic E-state index is 0.144. The van der Waals surface area contributed by atoms with Gasteiger partial charge in [-0.2, -0.15) is 0 Å². The molecule has 4 heterocycles. The van der Waals surface area contributed by atoms with Gasteiger partial charge < -0.3 is 29.7 Å². The largest absolute Gasteiger partial charge is 0.393 e. The van der Waals surface area contributed by atoms with Crippen molar-refractivity contribution in [1.29, 1.82) is 0 Å². The number of aliphatic imine (C=N–C) groups is 1. The Morgan fingerprint density at radius 2 is 1.78 bits per heavy atom. The van der Waals surface area contributed by atoms with Crippen LogP contribution in [0.3, 0.4) is 0 Å². The fraction of sp³-hybridized carbons (Fsp3) is 0.444. The van der Waals surface area contributed by atoms with Crippen molar-refractivity contribution < 1.29 is 34.8 Å². The lowest BCUT2D eigenvalue weighted by atomic mass is 9.87. The van der Waals surface area contributed by atoms with Crippen LogP contribution < -0.4 is 15.9 Å². The van der Waals surface area contributed by atoms with Crippen molar-refractivity contribution >= 4 is 51.8 Å². The van der Waals surface area contributed by atoms with E-state index in [1.165, 1.54) is 0 Å². The Kier molecular flexibility index (Phi) is 4.93. The van der Waals surface area contributed by atoms with Gasteiger partial charge in [0.25, 0.3) is 11.8 Å². The van der Waals surface area contributed by atoms with Crippen LogP contribution in [0, 0.1) is 0 Å². The Morgan fingerprint density at radius 1 is 1.03 bits per heavy atom. The van der Waals surface area contributed by atoms with Gasteiger partial charge >= 0.3 is 0 Å². The minimum Gasteiger partial charge on any atom is -0.393 e. The van der Waals surface area contributed by atoms with Crippen LogP contribution in [0.2, 0.25) is 0 Å². The quantitative estimate of drug-likeness (QED) is 0.365. The summed E-state index contributed by atoms with van der Waals surface area (Å²) in [6, 6.07) is 0. The number of nitrogens with one attached hydrogen (secondary N) is 1. The number of aromatic nitrogens is 1. The maximum atomic E-state index is 13.2. The second-order valence-electron chi connectivity index (χ2n) is 10.5. The molecule has 5 N–H and O–H groups in total. The van der Waals surface area contributed by atoms with Gasteiger partial charge in [-0.3, -0.25) is 14.9 Å². The summed E-state index contributed by atoms with van der Waals surface area (Å²) in [4.78, 5) is 31.3. The molecule has 5 aliphatic rings. The normalized spacial score (nSPS) is 27.4. The minimum atomic E-state index is -1.47. The molecule has 1 saturated heterocycles. The van der Waals surface area contributed by atoms with Crippen LogP contribution >= 0.6 is 0 Å². The summed E-state index contributed by atoms with van der Waals surface area (Å²) in [5, 5.41) is 46.6. The van der Waals surface area contributed by atoms with Gasteiger partial charge in [0.1, 0.15) is 11.7 Å². The first kappa shape index (κ1) is 23.0. The van der Waals surface area contributed by atoms with Gasteiger partial charge in [-0.25, -0.2) is 4.99 Å². The van der Waals surface area contributed by atoms with Crippen molar-refractivity contribution in [2.75, 3.05) is 13.2 Å². The van der Waals surface area contributed by atoms with E-state index in [2.05, 4.69) is 11.4 Å². The fourth-order valence-electron chi connectivity index (χ4n) is 6.57. The third kappa shape index (κ3) is 2.96. The maximum Gasteiger partial charge on any atom is 0.259 e. The second kappa shape index (κ2) is 7.92. The number of ether oxygens (including phenoxy) is 1. The van der Waals surface area contributed by atoms with Gasteiger partial charge in [-0.05, 0) is 32.1 Å². The predicted octanol–water partition coefficient (Wildman–Crippen LogP) is -0.103. The number of aliphatic hydroxyl groups is 4.